The van der Waals surface area contributed by atoms with Gasteiger partial charge >= 0.3 is 0 Å². The highest BCUT2D eigenvalue weighted by molar-refractivity contribution is 7.92. The lowest BCUT2D eigenvalue weighted by atomic mass is 10.2. The molecule has 0 unspecified atom stereocenters. The molecule has 1 aromatic heterocycles. The molecule has 1 amide bonds. The van der Waals surface area contributed by atoms with Crippen molar-refractivity contribution in [1.29, 1.82) is 0 Å². The molecule has 1 N–H and O–H groups in total. The number of nitrogens with zero attached hydrogens (tertiary/aromatic N) is 2. The van der Waals surface area contributed by atoms with Crippen LogP contribution in [0.25, 0.3) is 10.2 Å². The smallest absolute Gasteiger partial charge is 0.279 e. The van der Waals surface area contributed by atoms with Crippen molar-refractivity contribution >= 4 is 43.2 Å². The molecule has 186 valence electrons. The topological polar surface area (TPSA) is 99.0 Å². The highest BCUT2D eigenvalue weighted by atomic mass is 32.2. The molecule has 0 atom stereocenters. The minimum Gasteiger partial charge on any atom is -0.493 e. The van der Waals surface area contributed by atoms with E-state index in [0.717, 1.165) is 15.8 Å². The average Bonchev–Trinajstić information content (AvgIpc) is 3.19. The number of benzene rings is 3. The number of carbonyl (C=O) groups excluding carboxylic acids is 1. The summed E-state index contributed by atoms with van der Waals surface area (Å²) in [5, 5.41) is 0. The third-order valence-electron chi connectivity index (χ3n) is 5.41. The maximum absolute atomic E-state index is 13.0. The number of allylic oxidation sites excluding steroid dienone is 1. The van der Waals surface area contributed by atoms with Gasteiger partial charge in [0, 0.05) is 29.9 Å². The van der Waals surface area contributed by atoms with Crippen molar-refractivity contribution in [3.8, 4) is 11.5 Å². The highest BCUT2D eigenvalue weighted by Crippen LogP contribution is 2.33. The number of thiazole rings is 1. The zero-order chi connectivity index (χ0) is 25.9. The fourth-order valence-electron chi connectivity index (χ4n) is 3.55. The minimum absolute atomic E-state index is 0.160. The van der Waals surface area contributed by atoms with E-state index in [1.165, 1.54) is 35.6 Å². The van der Waals surface area contributed by atoms with E-state index in [2.05, 4.69) is 16.3 Å². The van der Waals surface area contributed by atoms with Crippen molar-refractivity contribution in [3.63, 3.8) is 0 Å². The summed E-state index contributed by atoms with van der Waals surface area (Å²) in [6.07, 6.45) is 1.72. The number of sulfonamides is 1. The lowest BCUT2D eigenvalue weighted by Gasteiger charge is -2.09. The van der Waals surface area contributed by atoms with Crippen molar-refractivity contribution < 1.29 is 22.7 Å². The third kappa shape index (κ3) is 5.19. The maximum Gasteiger partial charge on any atom is 0.279 e. The number of hydrogen-bond donors (Lipinski definition) is 1. The van der Waals surface area contributed by atoms with Crippen molar-refractivity contribution in [2.75, 3.05) is 18.9 Å². The SMILES string of the molecule is C=CCn1c(=NC(=O)c2ccc(NS(=O)(=O)c3ccc(C)cc3)cc2)sc2cc(OC)c(OC)cc21. The monoisotopic (exact) mass is 523 g/mol. The number of ether oxygens (including phenoxy) is 2. The Balaban J connectivity index is 1.63. The number of nitrogens with one attached hydrogen (secondary N) is 1. The average molecular weight is 524 g/mol. The number of aryl methyl sites for hydroxylation is 1. The van der Waals surface area contributed by atoms with Gasteiger partial charge in [0.1, 0.15) is 0 Å². The van der Waals surface area contributed by atoms with Gasteiger partial charge in [-0.15, -0.1) is 6.58 Å². The molecule has 0 aliphatic rings. The Kier molecular flexibility index (Phi) is 7.27. The summed E-state index contributed by atoms with van der Waals surface area (Å²) in [5.41, 5.74) is 2.47. The Bertz CT molecular complexity index is 1600. The summed E-state index contributed by atoms with van der Waals surface area (Å²) >= 11 is 1.35. The van der Waals surface area contributed by atoms with E-state index in [4.69, 9.17) is 9.47 Å². The minimum atomic E-state index is -3.74. The molecule has 0 spiro atoms. The van der Waals surface area contributed by atoms with Crippen LogP contribution < -0.4 is 19.0 Å². The van der Waals surface area contributed by atoms with E-state index >= 15 is 0 Å². The quantitative estimate of drug-likeness (QED) is 0.336. The number of aromatic nitrogens is 1. The Morgan fingerprint density at radius 2 is 1.69 bits per heavy atom. The molecule has 0 aliphatic carbocycles. The van der Waals surface area contributed by atoms with Gasteiger partial charge in [0.2, 0.25) is 0 Å². The molecule has 10 heteroatoms. The van der Waals surface area contributed by atoms with Crippen LogP contribution in [0.5, 0.6) is 11.5 Å². The van der Waals surface area contributed by atoms with Crippen LogP contribution in [0.15, 0.2) is 83.2 Å². The van der Waals surface area contributed by atoms with Gasteiger partial charge in [-0.25, -0.2) is 8.42 Å². The van der Waals surface area contributed by atoms with Crippen LogP contribution in [0.3, 0.4) is 0 Å². The second kappa shape index (κ2) is 10.4. The number of methoxy groups -OCH3 is 2. The molecule has 0 saturated heterocycles. The zero-order valence-electron chi connectivity index (χ0n) is 20.0. The van der Waals surface area contributed by atoms with Gasteiger partial charge in [-0.1, -0.05) is 35.1 Å². The first-order chi connectivity index (χ1) is 17.2. The van der Waals surface area contributed by atoms with Crippen LogP contribution in [0, 0.1) is 6.92 Å². The Hall–Kier alpha value is -3.89. The third-order valence-corrected chi connectivity index (χ3v) is 7.85. The second-order valence-electron chi connectivity index (χ2n) is 7.87. The first-order valence-electron chi connectivity index (χ1n) is 10.9. The maximum atomic E-state index is 13.0. The second-order valence-corrected chi connectivity index (χ2v) is 10.6. The molecule has 0 aliphatic heterocycles. The molecule has 36 heavy (non-hydrogen) atoms. The van der Waals surface area contributed by atoms with E-state index in [0.29, 0.717) is 34.1 Å². The van der Waals surface area contributed by atoms with Crippen LogP contribution in [0.1, 0.15) is 15.9 Å². The Labute approximate surface area is 213 Å². The predicted octanol–water partition coefficient (Wildman–Crippen LogP) is 4.76. The fraction of sp³-hybridized carbons (Fsp3) is 0.154. The molecular formula is C26H25N3O5S2. The van der Waals surface area contributed by atoms with Crippen LogP contribution in [-0.4, -0.2) is 33.1 Å². The number of fused-ring (bicyclic) bond motifs is 1. The fourth-order valence-corrected chi connectivity index (χ4v) is 5.66. The van der Waals surface area contributed by atoms with Crippen LogP contribution >= 0.6 is 11.3 Å². The van der Waals surface area contributed by atoms with Crippen molar-refractivity contribution in [3.05, 3.63) is 89.2 Å². The van der Waals surface area contributed by atoms with Gasteiger partial charge in [0.15, 0.2) is 16.3 Å². The van der Waals surface area contributed by atoms with E-state index < -0.39 is 15.9 Å². The van der Waals surface area contributed by atoms with Crippen LogP contribution in [0.4, 0.5) is 5.69 Å². The molecule has 4 aromatic rings. The summed E-state index contributed by atoms with van der Waals surface area (Å²) in [7, 11) is -0.613. The van der Waals surface area contributed by atoms with Crippen molar-refractivity contribution in [1.82, 2.24) is 4.57 Å². The zero-order valence-corrected chi connectivity index (χ0v) is 21.7. The number of hydrogen-bond acceptors (Lipinski definition) is 6. The van der Waals surface area contributed by atoms with E-state index in [1.807, 2.05) is 23.6 Å². The molecule has 0 saturated carbocycles. The number of amides is 1. The van der Waals surface area contributed by atoms with Gasteiger partial charge in [0.05, 0.1) is 29.3 Å². The Morgan fingerprint density at radius 3 is 2.31 bits per heavy atom. The molecule has 8 nitrogen and oxygen atoms in total. The first kappa shape index (κ1) is 25.2. The summed E-state index contributed by atoms with van der Waals surface area (Å²) in [5.74, 6) is 0.701. The summed E-state index contributed by atoms with van der Waals surface area (Å²) in [4.78, 5) is 17.9. The highest BCUT2D eigenvalue weighted by Gasteiger charge is 2.15. The molecule has 3 aromatic carbocycles. The number of anilines is 1. The van der Waals surface area contributed by atoms with Crippen molar-refractivity contribution in [2.24, 2.45) is 4.99 Å². The Morgan fingerprint density at radius 1 is 1.06 bits per heavy atom. The predicted molar refractivity (Wildman–Crippen MR) is 141 cm³/mol. The number of rotatable bonds is 8. The first-order valence-corrected chi connectivity index (χ1v) is 13.2. The van der Waals surface area contributed by atoms with Gasteiger partial charge in [-0.05, 0) is 43.3 Å². The normalized spacial score (nSPS) is 11.9. The van der Waals surface area contributed by atoms with Crippen molar-refractivity contribution in [2.45, 2.75) is 18.4 Å². The summed E-state index contributed by atoms with van der Waals surface area (Å²) in [6.45, 7) is 6.14. The summed E-state index contributed by atoms with van der Waals surface area (Å²) < 4.78 is 41.3. The van der Waals surface area contributed by atoms with E-state index in [-0.39, 0.29) is 4.90 Å². The standard InChI is InChI=1S/C26H25N3O5S2/c1-5-14-29-21-15-22(33-3)23(34-4)16-24(21)35-26(29)27-25(30)18-8-10-19(11-9-18)28-36(31,32)20-12-6-17(2)7-13-20/h5-13,15-16,28H,1,14H2,2-4H3. The largest absolute Gasteiger partial charge is 0.493 e. The van der Waals surface area contributed by atoms with Gasteiger partial charge in [-0.3, -0.25) is 9.52 Å². The van der Waals surface area contributed by atoms with E-state index in [9.17, 15) is 13.2 Å². The van der Waals surface area contributed by atoms with Gasteiger partial charge in [-0.2, -0.15) is 4.99 Å². The van der Waals surface area contributed by atoms with Gasteiger partial charge < -0.3 is 14.0 Å². The lowest BCUT2D eigenvalue weighted by molar-refractivity contribution is 0.0998. The molecular weight excluding hydrogens is 498 g/mol. The van der Waals surface area contributed by atoms with Crippen LogP contribution in [-0.2, 0) is 16.6 Å². The molecule has 0 bridgehead atoms. The molecule has 0 fully saturated rings. The lowest BCUT2D eigenvalue weighted by Crippen LogP contribution is -2.16. The van der Waals surface area contributed by atoms with Gasteiger partial charge in [0.25, 0.3) is 15.9 Å². The van der Waals surface area contributed by atoms with E-state index in [1.54, 1.807) is 44.6 Å². The molecule has 0 radical (unpaired) electrons. The molecule has 4 rings (SSSR count). The molecule has 1 heterocycles. The van der Waals surface area contributed by atoms with Crippen LogP contribution in [0.2, 0.25) is 0 Å². The summed E-state index contributed by atoms with van der Waals surface area (Å²) in [6, 6.07) is 16.4. The number of carbonyl (C=O) groups is 1.